The van der Waals surface area contributed by atoms with Crippen molar-refractivity contribution in [2.75, 3.05) is 5.32 Å². The molecule has 90 valence electrons. The van der Waals surface area contributed by atoms with E-state index in [1.54, 1.807) is 12.1 Å². The molecule has 0 saturated heterocycles. The minimum Gasteiger partial charge on any atom is -0.325 e. The van der Waals surface area contributed by atoms with Crippen molar-refractivity contribution in [3.05, 3.63) is 28.3 Å². The topological polar surface area (TPSA) is 46.2 Å². The molecule has 1 aliphatic heterocycles. The first-order chi connectivity index (χ1) is 8.11. The normalized spacial score (nSPS) is 13.4. The van der Waals surface area contributed by atoms with Crippen LogP contribution in [0, 0.1) is 0 Å². The summed E-state index contributed by atoms with van der Waals surface area (Å²) in [6.45, 7) is 2.04. The highest BCUT2D eigenvalue weighted by molar-refractivity contribution is 6.34. The summed E-state index contributed by atoms with van der Waals surface area (Å²) in [5, 5.41) is 3.14. The molecule has 17 heavy (non-hydrogen) atoms. The Kier molecular flexibility index (Phi) is 3.48. The lowest BCUT2D eigenvalue weighted by molar-refractivity contribution is -0.115. The zero-order chi connectivity index (χ0) is 12.4. The molecule has 0 spiro atoms. The van der Waals surface area contributed by atoms with E-state index in [0.717, 1.165) is 24.1 Å². The lowest BCUT2D eigenvalue weighted by Gasteiger charge is -2.06. The van der Waals surface area contributed by atoms with Gasteiger partial charge in [0.05, 0.1) is 11.4 Å². The van der Waals surface area contributed by atoms with Crippen LogP contribution in [0.2, 0.25) is 5.02 Å². The lowest BCUT2D eigenvalue weighted by atomic mass is 10.0. The number of halogens is 1. The summed E-state index contributed by atoms with van der Waals surface area (Å²) in [5.74, 6) is 0.00761. The summed E-state index contributed by atoms with van der Waals surface area (Å²) in [6, 6.07) is 3.41. The van der Waals surface area contributed by atoms with Gasteiger partial charge in [-0.1, -0.05) is 24.9 Å². The van der Waals surface area contributed by atoms with E-state index in [1.807, 2.05) is 6.92 Å². The molecule has 1 aliphatic rings. The number of unbranched alkanes of at least 4 members (excludes halogenated alkanes) is 1. The number of amides is 1. The van der Waals surface area contributed by atoms with Crippen LogP contribution in [-0.2, 0) is 11.2 Å². The van der Waals surface area contributed by atoms with Crippen LogP contribution in [0.5, 0.6) is 0 Å². The quantitative estimate of drug-likeness (QED) is 0.836. The number of nitrogens with one attached hydrogen (secondary N) is 1. The van der Waals surface area contributed by atoms with Crippen LogP contribution in [0.3, 0.4) is 0 Å². The van der Waals surface area contributed by atoms with Crippen molar-refractivity contribution < 1.29 is 9.59 Å². The molecule has 1 aromatic carbocycles. The second-order valence-corrected chi connectivity index (χ2v) is 4.65. The van der Waals surface area contributed by atoms with Gasteiger partial charge in [-0.25, -0.2) is 0 Å². The second kappa shape index (κ2) is 4.88. The summed E-state index contributed by atoms with van der Waals surface area (Å²) >= 11 is 6.06. The highest BCUT2D eigenvalue weighted by Gasteiger charge is 2.21. The van der Waals surface area contributed by atoms with Crippen molar-refractivity contribution in [3.63, 3.8) is 0 Å². The van der Waals surface area contributed by atoms with E-state index < -0.39 is 0 Å². The summed E-state index contributed by atoms with van der Waals surface area (Å²) in [6.07, 6.45) is 2.69. The third-order valence-electron chi connectivity index (χ3n) is 2.88. The Morgan fingerprint density at radius 2 is 2.24 bits per heavy atom. The zero-order valence-electron chi connectivity index (χ0n) is 9.68. The van der Waals surface area contributed by atoms with Crippen LogP contribution < -0.4 is 5.32 Å². The molecule has 0 saturated carbocycles. The number of Topliss-reactive ketones (excluding diaryl/α,β-unsaturated/α-hetero) is 1. The molecule has 0 aromatic heterocycles. The molecule has 2 rings (SSSR count). The first-order valence-electron chi connectivity index (χ1n) is 5.77. The van der Waals surface area contributed by atoms with Crippen molar-refractivity contribution in [1.29, 1.82) is 0 Å². The van der Waals surface area contributed by atoms with Gasteiger partial charge in [0.1, 0.15) is 0 Å². The fraction of sp³-hybridized carbons (Fsp3) is 0.385. The van der Waals surface area contributed by atoms with Gasteiger partial charge in [0, 0.05) is 17.7 Å². The largest absolute Gasteiger partial charge is 0.325 e. The molecule has 0 bridgehead atoms. The van der Waals surface area contributed by atoms with Crippen LogP contribution >= 0.6 is 11.6 Å². The van der Waals surface area contributed by atoms with E-state index >= 15 is 0 Å². The highest BCUT2D eigenvalue weighted by atomic mass is 35.5. The SMILES string of the molecule is CCCCC(=O)c1cc2c(cc1Cl)NC(=O)C2. The Balaban J connectivity index is 2.27. The third-order valence-corrected chi connectivity index (χ3v) is 3.19. The third kappa shape index (κ3) is 2.50. The predicted octanol–water partition coefficient (Wildman–Crippen LogP) is 3.21. The average Bonchev–Trinajstić information content (AvgIpc) is 2.64. The van der Waals surface area contributed by atoms with Crippen molar-refractivity contribution in [1.82, 2.24) is 0 Å². The van der Waals surface area contributed by atoms with E-state index in [0.29, 0.717) is 23.4 Å². The summed E-state index contributed by atoms with van der Waals surface area (Å²) < 4.78 is 0. The monoisotopic (exact) mass is 251 g/mol. The molecule has 1 aromatic rings. The Labute approximate surface area is 105 Å². The molecular weight excluding hydrogens is 238 g/mol. The first kappa shape index (κ1) is 12.1. The van der Waals surface area contributed by atoms with E-state index in [1.165, 1.54) is 0 Å². The van der Waals surface area contributed by atoms with Crippen LogP contribution in [0.25, 0.3) is 0 Å². The van der Waals surface area contributed by atoms with Crippen LogP contribution in [-0.4, -0.2) is 11.7 Å². The fourth-order valence-corrected chi connectivity index (χ4v) is 2.20. The number of anilines is 1. The maximum atomic E-state index is 11.9. The smallest absolute Gasteiger partial charge is 0.228 e. The maximum absolute atomic E-state index is 11.9. The van der Waals surface area contributed by atoms with Gasteiger partial charge in [0.15, 0.2) is 5.78 Å². The Hall–Kier alpha value is -1.35. The van der Waals surface area contributed by atoms with Gasteiger partial charge in [0.2, 0.25) is 5.91 Å². The second-order valence-electron chi connectivity index (χ2n) is 4.24. The molecular formula is C13H14ClNO2. The molecule has 1 amide bonds. The average molecular weight is 252 g/mol. The first-order valence-corrected chi connectivity index (χ1v) is 6.15. The van der Waals surface area contributed by atoms with Gasteiger partial charge in [-0.3, -0.25) is 9.59 Å². The minimum atomic E-state index is -0.0470. The fourth-order valence-electron chi connectivity index (χ4n) is 1.93. The number of carbonyl (C=O) groups excluding carboxylic acids is 2. The minimum absolute atomic E-state index is 0.0470. The van der Waals surface area contributed by atoms with Gasteiger partial charge in [-0.05, 0) is 24.1 Å². The van der Waals surface area contributed by atoms with Gasteiger partial charge in [-0.15, -0.1) is 0 Å². The molecule has 0 atom stereocenters. The highest BCUT2D eigenvalue weighted by Crippen LogP contribution is 2.30. The summed E-state index contributed by atoms with van der Waals surface area (Å²) in [5.41, 5.74) is 2.13. The molecule has 0 unspecified atom stereocenters. The molecule has 0 fully saturated rings. The number of carbonyl (C=O) groups is 2. The van der Waals surface area contributed by atoms with Gasteiger partial charge < -0.3 is 5.32 Å². The number of hydrogen-bond acceptors (Lipinski definition) is 2. The molecule has 4 heteroatoms. The Bertz CT molecular complexity index is 483. The van der Waals surface area contributed by atoms with Gasteiger partial charge in [-0.2, -0.15) is 0 Å². The zero-order valence-corrected chi connectivity index (χ0v) is 10.4. The van der Waals surface area contributed by atoms with Crippen molar-refractivity contribution in [2.45, 2.75) is 32.6 Å². The van der Waals surface area contributed by atoms with Crippen LogP contribution in [0.1, 0.15) is 42.1 Å². The number of benzene rings is 1. The van der Waals surface area contributed by atoms with E-state index in [-0.39, 0.29) is 11.7 Å². The van der Waals surface area contributed by atoms with E-state index in [2.05, 4.69) is 5.32 Å². The Morgan fingerprint density at radius 3 is 2.94 bits per heavy atom. The van der Waals surface area contributed by atoms with Crippen LogP contribution in [0.4, 0.5) is 5.69 Å². The molecule has 1 heterocycles. The number of rotatable bonds is 4. The van der Waals surface area contributed by atoms with E-state index in [9.17, 15) is 9.59 Å². The van der Waals surface area contributed by atoms with Gasteiger partial charge in [0.25, 0.3) is 0 Å². The van der Waals surface area contributed by atoms with Crippen LogP contribution in [0.15, 0.2) is 12.1 Å². The van der Waals surface area contributed by atoms with Crippen molar-refractivity contribution in [3.8, 4) is 0 Å². The Morgan fingerprint density at radius 1 is 1.47 bits per heavy atom. The lowest BCUT2D eigenvalue weighted by Crippen LogP contribution is -2.03. The maximum Gasteiger partial charge on any atom is 0.228 e. The number of ketones is 1. The summed E-state index contributed by atoms with van der Waals surface area (Å²) in [4.78, 5) is 23.1. The molecule has 0 radical (unpaired) electrons. The molecule has 3 nitrogen and oxygen atoms in total. The van der Waals surface area contributed by atoms with E-state index in [4.69, 9.17) is 11.6 Å². The molecule has 1 N–H and O–H groups in total. The van der Waals surface area contributed by atoms with Crippen molar-refractivity contribution >= 4 is 29.0 Å². The standard InChI is InChI=1S/C13H14ClNO2/c1-2-3-4-12(16)9-5-8-6-13(17)15-11(8)7-10(9)14/h5,7H,2-4,6H2,1H3,(H,15,17). The number of hydrogen-bond donors (Lipinski definition) is 1. The van der Waals surface area contributed by atoms with Crippen molar-refractivity contribution in [2.24, 2.45) is 0 Å². The number of fused-ring (bicyclic) bond motifs is 1. The predicted molar refractivity (Wildman–Crippen MR) is 67.6 cm³/mol. The molecule has 0 aliphatic carbocycles. The van der Waals surface area contributed by atoms with Gasteiger partial charge >= 0.3 is 0 Å². The summed E-state index contributed by atoms with van der Waals surface area (Å²) in [7, 11) is 0.